The Kier molecular flexibility index (Phi) is 5.66. The van der Waals surface area contributed by atoms with Crippen molar-refractivity contribution in [2.24, 2.45) is 0 Å². The number of hydrogen-bond acceptors (Lipinski definition) is 4. The van der Waals surface area contributed by atoms with Crippen LogP contribution in [-0.4, -0.2) is 48.8 Å². The molecular weight excluding hydrogens is 170 g/mol. The molecule has 4 heteroatoms. The summed E-state index contributed by atoms with van der Waals surface area (Å²) in [4.78, 5) is 12.9. The van der Waals surface area contributed by atoms with Crippen LogP contribution in [0.1, 0.15) is 20.3 Å². The second-order valence-corrected chi connectivity index (χ2v) is 3.33. The number of methoxy groups -OCH3 is 1. The van der Waals surface area contributed by atoms with Gasteiger partial charge in [-0.15, -0.1) is 0 Å². The molecule has 2 unspecified atom stereocenters. The molecule has 0 saturated heterocycles. The van der Waals surface area contributed by atoms with E-state index in [9.17, 15) is 4.79 Å². The summed E-state index contributed by atoms with van der Waals surface area (Å²) in [7, 11) is 3.26. The van der Waals surface area contributed by atoms with Crippen LogP contribution < -0.4 is 0 Å². The summed E-state index contributed by atoms with van der Waals surface area (Å²) in [6, 6.07) is 0.161. The van der Waals surface area contributed by atoms with E-state index in [-0.39, 0.29) is 24.7 Å². The van der Waals surface area contributed by atoms with Crippen LogP contribution in [0.3, 0.4) is 0 Å². The molecule has 0 aromatic carbocycles. The van der Waals surface area contributed by atoms with Crippen molar-refractivity contribution in [3.63, 3.8) is 0 Å². The van der Waals surface area contributed by atoms with Gasteiger partial charge in [-0.3, -0.25) is 9.69 Å². The van der Waals surface area contributed by atoms with Crippen LogP contribution in [0.15, 0.2) is 0 Å². The highest BCUT2D eigenvalue weighted by atomic mass is 16.5. The van der Waals surface area contributed by atoms with Crippen molar-refractivity contribution < 1.29 is 14.6 Å². The van der Waals surface area contributed by atoms with Gasteiger partial charge in [0.15, 0.2) is 0 Å². The molecule has 13 heavy (non-hydrogen) atoms. The van der Waals surface area contributed by atoms with Crippen LogP contribution in [0.5, 0.6) is 0 Å². The number of esters is 1. The summed E-state index contributed by atoms with van der Waals surface area (Å²) < 4.78 is 4.56. The van der Waals surface area contributed by atoms with Gasteiger partial charge in [0, 0.05) is 12.1 Å². The summed E-state index contributed by atoms with van der Waals surface area (Å²) in [6.45, 7) is 3.94. The summed E-state index contributed by atoms with van der Waals surface area (Å²) >= 11 is 0. The Labute approximate surface area is 79.5 Å². The van der Waals surface area contributed by atoms with E-state index in [2.05, 4.69) is 4.74 Å². The van der Waals surface area contributed by atoms with Gasteiger partial charge in [-0.25, -0.2) is 0 Å². The number of aliphatic hydroxyl groups is 1. The van der Waals surface area contributed by atoms with Gasteiger partial charge in [0.1, 0.15) is 0 Å². The van der Waals surface area contributed by atoms with Gasteiger partial charge in [-0.05, 0) is 20.9 Å². The van der Waals surface area contributed by atoms with E-state index in [1.54, 1.807) is 0 Å². The number of rotatable bonds is 5. The number of ether oxygens (including phenoxy) is 1. The first kappa shape index (κ1) is 12.4. The maximum Gasteiger partial charge on any atom is 0.307 e. The van der Waals surface area contributed by atoms with Gasteiger partial charge < -0.3 is 9.84 Å². The third-order valence-electron chi connectivity index (χ3n) is 2.34. The molecule has 0 radical (unpaired) electrons. The molecule has 0 spiro atoms. The Balaban J connectivity index is 3.95. The average molecular weight is 189 g/mol. The molecule has 4 nitrogen and oxygen atoms in total. The van der Waals surface area contributed by atoms with Crippen molar-refractivity contribution in [3.8, 4) is 0 Å². The van der Waals surface area contributed by atoms with Gasteiger partial charge in [-0.2, -0.15) is 0 Å². The van der Waals surface area contributed by atoms with E-state index in [1.807, 2.05) is 25.8 Å². The molecule has 0 saturated carbocycles. The normalized spacial score (nSPS) is 15.5. The maximum atomic E-state index is 10.9. The molecule has 0 aliphatic rings. The lowest BCUT2D eigenvalue weighted by atomic mass is 10.2. The van der Waals surface area contributed by atoms with E-state index in [0.717, 1.165) is 0 Å². The van der Waals surface area contributed by atoms with E-state index in [1.165, 1.54) is 7.11 Å². The number of nitrogens with zero attached hydrogens (tertiary/aromatic N) is 1. The van der Waals surface area contributed by atoms with E-state index < -0.39 is 0 Å². The summed E-state index contributed by atoms with van der Waals surface area (Å²) in [5, 5.41) is 8.89. The largest absolute Gasteiger partial charge is 0.469 e. The standard InChI is InChI=1S/C9H19NO3/c1-7(5-9(12)13-4)10(3)8(2)6-11/h7-8,11H,5-6H2,1-4H3. The lowest BCUT2D eigenvalue weighted by Gasteiger charge is -2.28. The van der Waals surface area contributed by atoms with Crippen molar-refractivity contribution in [3.05, 3.63) is 0 Å². The number of carbonyl (C=O) groups excluding carboxylic acids is 1. The van der Waals surface area contributed by atoms with Crippen molar-refractivity contribution in [1.29, 1.82) is 0 Å². The number of likely N-dealkylation sites (N-methyl/N-ethyl adjacent to an activating group) is 1. The predicted octanol–water partition coefficient (Wildman–Crippen LogP) is 0.251. The average Bonchev–Trinajstić information content (AvgIpc) is 2.14. The topological polar surface area (TPSA) is 49.8 Å². The van der Waals surface area contributed by atoms with Gasteiger partial charge in [0.25, 0.3) is 0 Å². The van der Waals surface area contributed by atoms with Gasteiger partial charge in [0.05, 0.1) is 20.1 Å². The predicted molar refractivity (Wildman–Crippen MR) is 50.4 cm³/mol. The quantitative estimate of drug-likeness (QED) is 0.630. The SMILES string of the molecule is COC(=O)CC(C)N(C)C(C)CO. The van der Waals surface area contributed by atoms with Crippen molar-refractivity contribution in [2.45, 2.75) is 32.4 Å². The first-order valence-electron chi connectivity index (χ1n) is 4.42. The van der Waals surface area contributed by atoms with E-state index in [0.29, 0.717) is 6.42 Å². The molecular formula is C9H19NO3. The highest BCUT2D eigenvalue weighted by molar-refractivity contribution is 5.69. The smallest absolute Gasteiger partial charge is 0.307 e. The fraction of sp³-hybridized carbons (Fsp3) is 0.889. The highest BCUT2D eigenvalue weighted by Gasteiger charge is 2.17. The first-order chi connectivity index (χ1) is 6.02. The van der Waals surface area contributed by atoms with E-state index >= 15 is 0 Å². The molecule has 0 aliphatic heterocycles. The third-order valence-corrected chi connectivity index (χ3v) is 2.34. The van der Waals surface area contributed by atoms with Crippen LogP contribution >= 0.6 is 0 Å². The van der Waals surface area contributed by atoms with Crippen LogP contribution in [0.4, 0.5) is 0 Å². The minimum Gasteiger partial charge on any atom is -0.469 e. The molecule has 1 N–H and O–H groups in total. The number of aliphatic hydroxyl groups excluding tert-OH is 1. The number of hydrogen-bond donors (Lipinski definition) is 1. The van der Waals surface area contributed by atoms with E-state index in [4.69, 9.17) is 5.11 Å². The summed E-state index contributed by atoms with van der Waals surface area (Å²) in [5.41, 5.74) is 0. The zero-order chi connectivity index (χ0) is 10.4. The monoisotopic (exact) mass is 189 g/mol. The van der Waals surface area contributed by atoms with Crippen molar-refractivity contribution >= 4 is 5.97 Å². The molecule has 0 aromatic heterocycles. The Bertz CT molecular complexity index is 161. The fourth-order valence-corrected chi connectivity index (χ4v) is 1.03. The highest BCUT2D eigenvalue weighted by Crippen LogP contribution is 2.06. The van der Waals surface area contributed by atoms with Gasteiger partial charge in [0.2, 0.25) is 0 Å². The lowest BCUT2D eigenvalue weighted by molar-refractivity contribution is -0.142. The summed E-state index contributed by atoms with van der Waals surface area (Å²) in [6.07, 6.45) is 0.358. The maximum absolute atomic E-state index is 10.9. The zero-order valence-corrected chi connectivity index (χ0v) is 8.78. The van der Waals surface area contributed by atoms with Gasteiger partial charge in [-0.1, -0.05) is 0 Å². The number of carbonyl (C=O) groups is 1. The van der Waals surface area contributed by atoms with Gasteiger partial charge >= 0.3 is 5.97 Å². The van der Waals surface area contributed by atoms with Crippen LogP contribution in [0, 0.1) is 0 Å². The Morgan fingerprint density at radius 3 is 2.38 bits per heavy atom. The Morgan fingerprint density at radius 1 is 1.46 bits per heavy atom. The van der Waals surface area contributed by atoms with Crippen LogP contribution in [0.2, 0.25) is 0 Å². The van der Waals surface area contributed by atoms with Crippen LogP contribution in [-0.2, 0) is 9.53 Å². The molecule has 0 rings (SSSR count). The van der Waals surface area contributed by atoms with Crippen molar-refractivity contribution in [2.75, 3.05) is 20.8 Å². The molecule has 0 aromatic rings. The Hall–Kier alpha value is -0.610. The second-order valence-electron chi connectivity index (χ2n) is 3.33. The first-order valence-corrected chi connectivity index (χ1v) is 4.42. The molecule has 0 amide bonds. The lowest BCUT2D eigenvalue weighted by Crippen LogP contribution is -2.40. The molecule has 0 fully saturated rings. The minimum absolute atomic E-state index is 0.0691. The molecule has 0 aliphatic carbocycles. The summed E-state index contributed by atoms with van der Waals surface area (Å²) in [5.74, 6) is -0.218. The second kappa shape index (κ2) is 5.94. The molecule has 78 valence electrons. The zero-order valence-electron chi connectivity index (χ0n) is 8.78. The molecule has 0 heterocycles. The molecule has 2 atom stereocenters. The third kappa shape index (κ3) is 4.24. The fourth-order valence-electron chi connectivity index (χ4n) is 1.03. The Morgan fingerprint density at radius 2 is 2.00 bits per heavy atom. The minimum atomic E-state index is -0.218. The van der Waals surface area contributed by atoms with Crippen LogP contribution in [0.25, 0.3) is 0 Å². The molecule has 0 bridgehead atoms. The van der Waals surface area contributed by atoms with Crippen molar-refractivity contribution in [1.82, 2.24) is 4.90 Å².